The summed E-state index contributed by atoms with van der Waals surface area (Å²) >= 11 is 0. The number of rotatable bonds is 11. The van der Waals surface area contributed by atoms with Crippen LogP contribution in [0.3, 0.4) is 0 Å². The molecule has 4 heteroatoms. The standard InChI is InChI=1S/C13H26O2.C4H8O2/c1-2-3-4-5-6-7-8-9-10-11-12-13(14)15;1-2-4-6-5-3-1/h2-12H2,1H3,(H,14,15);1-4H2. The van der Waals surface area contributed by atoms with E-state index in [4.69, 9.17) is 5.11 Å². The lowest BCUT2D eigenvalue weighted by atomic mass is 10.1. The molecule has 0 radical (unpaired) electrons. The second-order valence-corrected chi connectivity index (χ2v) is 5.68. The quantitative estimate of drug-likeness (QED) is 0.425. The molecule has 1 heterocycles. The molecule has 0 aromatic carbocycles. The third kappa shape index (κ3) is 19.4. The summed E-state index contributed by atoms with van der Waals surface area (Å²) in [6, 6.07) is 0. The molecule has 1 aliphatic heterocycles. The first-order valence-electron chi connectivity index (χ1n) is 8.73. The molecule has 1 fully saturated rings. The SMILES string of the molecule is C1CCOOC1.CCCCCCCCCCCCC(=O)O. The molecule has 1 rings (SSSR count). The van der Waals surface area contributed by atoms with Gasteiger partial charge in [-0.1, -0.05) is 64.7 Å². The second kappa shape index (κ2) is 17.4. The number of carboxylic acids is 1. The van der Waals surface area contributed by atoms with Crippen LogP contribution < -0.4 is 0 Å². The molecule has 1 saturated heterocycles. The van der Waals surface area contributed by atoms with E-state index in [0.717, 1.165) is 38.9 Å². The van der Waals surface area contributed by atoms with Gasteiger partial charge < -0.3 is 5.11 Å². The van der Waals surface area contributed by atoms with Crippen LogP contribution in [0.5, 0.6) is 0 Å². The summed E-state index contributed by atoms with van der Waals surface area (Å²) in [7, 11) is 0. The highest BCUT2D eigenvalue weighted by molar-refractivity contribution is 5.66. The Balaban J connectivity index is 0.000000547. The monoisotopic (exact) mass is 302 g/mol. The fourth-order valence-electron chi connectivity index (χ4n) is 2.20. The van der Waals surface area contributed by atoms with Crippen molar-refractivity contribution in [2.75, 3.05) is 13.2 Å². The molecule has 0 aromatic heterocycles. The Kier molecular flexibility index (Phi) is 16.9. The van der Waals surface area contributed by atoms with Crippen LogP contribution in [-0.4, -0.2) is 24.3 Å². The van der Waals surface area contributed by atoms with Gasteiger partial charge in [-0.25, -0.2) is 9.78 Å². The predicted octanol–water partition coefficient (Wildman–Crippen LogP) is 5.11. The Labute approximate surface area is 130 Å². The highest BCUT2D eigenvalue weighted by Crippen LogP contribution is 2.11. The molecule has 0 saturated carbocycles. The number of unbranched alkanes of at least 4 members (excludes halogenated alkanes) is 9. The lowest BCUT2D eigenvalue weighted by Crippen LogP contribution is -2.05. The molecular weight excluding hydrogens is 268 g/mol. The number of carboxylic acid groups (broad SMARTS) is 1. The predicted molar refractivity (Wildman–Crippen MR) is 85.2 cm³/mol. The third-order valence-corrected chi connectivity index (χ3v) is 3.53. The van der Waals surface area contributed by atoms with E-state index in [-0.39, 0.29) is 0 Å². The van der Waals surface area contributed by atoms with Gasteiger partial charge in [-0.3, -0.25) is 4.79 Å². The van der Waals surface area contributed by atoms with E-state index in [1.165, 1.54) is 51.4 Å². The van der Waals surface area contributed by atoms with Gasteiger partial charge in [0, 0.05) is 6.42 Å². The van der Waals surface area contributed by atoms with Crippen molar-refractivity contribution >= 4 is 5.97 Å². The molecule has 0 aliphatic carbocycles. The minimum atomic E-state index is -0.658. The molecule has 0 unspecified atom stereocenters. The first kappa shape index (κ1) is 20.4. The van der Waals surface area contributed by atoms with Gasteiger partial charge >= 0.3 is 5.97 Å². The van der Waals surface area contributed by atoms with E-state index in [1.54, 1.807) is 0 Å². The summed E-state index contributed by atoms with van der Waals surface area (Å²) in [6.07, 6.45) is 15.2. The van der Waals surface area contributed by atoms with Gasteiger partial charge in [0.15, 0.2) is 0 Å². The van der Waals surface area contributed by atoms with Crippen molar-refractivity contribution in [2.45, 2.75) is 90.4 Å². The van der Waals surface area contributed by atoms with E-state index >= 15 is 0 Å². The van der Waals surface area contributed by atoms with Crippen molar-refractivity contribution in [1.29, 1.82) is 0 Å². The van der Waals surface area contributed by atoms with Crippen molar-refractivity contribution in [3.8, 4) is 0 Å². The van der Waals surface area contributed by atoms with E-state index in [2.05, 4.69) is 16.7 Å². The zero-order valence-electron chi connectivity index (χ0n) is 13.8. The summed E-state index contributed by atoms with van der Waals surface area (Å²) in [4.78, 5) is 19.4. The number of hydrogen-bond acceptors (Lipinski definition) is 3. The molecule has 126 valence electrons. The molecule has 1 aliphatic rings. The molecule has 0 amide bonds. The van der Waals surface area contributed by atoms with Gasteiger partial charge in [0.25, 0.3) is 0 Å². The fraction of sp³-hybridized carbons (Fsp3) is 0.941. The fourth-order valence-corrected chi connectivity index (χ4v) is 2.20. The van der Waals surface area contributed by atoms with Gasteiger partial charge in [-0.2, -0.15) is 0 Å². The minimum Gasteiger partial charge on any atom is -0.481 e. The van der Waals surface area contributed by atoms with Gasteiger partial charge in [-0.15, -0.1) is 0 Å². The van der Waals surface area contributed by atoms with Crippen molar-refractivity contribution in [3.63, 3.8) is 0 Å². The molecule has 0 aromatic rings. The number of aliphatic carboxylic acids is 1. The minimum absolute atomic E-state index is 0.344. The van der Waals surface area contributed by atoms with Gasteiger partial charge in [0.2, 0.25) is 0 Å². The Hall–Kier alpha value is -0.610. The molecule has 1 N–H and O–H groups in total. The summed E-state index contributed by atoms with van der Waals surface area (Å²) < 4.78 is 0. The van der Waals surface area contributed by atoms with Crippen LogP contribution in [0.15, 0.2) is 0 Å². The van der Waals surface area contributed by atoms with Crippen molar-refractivity contribution in [1.82, 2.24) is 0 Å². The number of carbonyl (C=O) groups is 1. The Morgan fingerprint density at radius 2 is 1.24 bits per heavy atom. The van der Waals surface area contributed by atoms with Crippen molar-refractivity contribution in [2.24, 2.45) is 0 Å². The topological polar surface area (TPSA) is 55.8 Å². The average molecular weight is 302 g/mol. The van der Waals surface area contributed by atoms with Crippen LogP contribution in [0.4, 0.5) is 0 Å². The highest BCUT2D eigenvalue weighted by Gasteiger charge is 1.97. The van der Waals surface area contributed by atoms with E-state index < -0.39 is 5.97 Å². The Morgan fingerprint density at radius 1 is 0.810 bits per heavy atom. The lowest BCUT2D eigenvalue weighted by Gasteiger charge is -2.07. The second-order valence-electron chi connectivity index (χ2n) is 5.68. The first-order chi connectivity index (χ1) is 10.3. The van der Waals surface area contributed by atoms with Gasteiger partial charge in [0.05, 0.1) is 13.2 Å². The maximum Gasteiger partial charge on any atom is 0.303 e. The van der Waals surface area contributed by atoms with Crippen LogP contribution in [0, 0.1) is 0 Å². The lowest BCUT2D eigenvalue weighted by molar-refractivity contribution is -0.312. The summed E-state index contributed by atoms with van der Waals surface area (Å²) in [5.41, 5.74) is 0. The van der Waals surface area contributed by atoms with Gasteiger partial charge in [-0.05, 0) is 19.3 Å². The zero-order chi connectivity index (χ0) is 15.6. The van der Waals surface area contributed by atoms with E-state index in [9.17, 15) is 4.79 Å². The van der Waals surface area contributed by atoms with Crippen molar-refractivity contribution < 1.29 is 19.7 Å². The van der Waals surface area contributed by atoms with Crippen molar-refractivity contribution in [3.05, 3.63) is 0 Å². The Bertz CT molecular complexity index is 203. The molecule has 0 spiro atoms. The molecule has 21 heavy (non-hydrogen) atoms. The van der Waals surface area contributed by atoms with Crippen LogP contribution >= 0.6 is 0 Å². The van der Waals surface area contributed by atoms with Gasteiger partial charge in [0.1, 0.15) is 0 Å². The summed E-state index contributed by atoms with van der Waals surface area (Å²) in [5, 5.41) is 8.44. The number of hydrogen-bond donors (Lipinski definition) is 1. The molecule has 0 bridgehead atoms. The van der Waals surface area contributed by atoms with E-state index in [0.29, 0.717) is 6.42 Å². The van der Waals surface area contributed by atoms with Crippen LogP contribution in [0.25, 0.3) is 0 Å². The summed E-state index contributed by atoms with van der Waals surface area (Å²) in [5.74, 6) is -0.658. The Morgan fingerprint density at radius 3 is 1.57 bits per heavy atom. The van der Waals surface area contributed by atoms with Crippen LogP contribution in [0.1, 0.15) is 90.4 Å². The average Bonchev–Trinajstić information content (AvgIpc) is 2.51. The molecule has 4 nitrogen and oxygen atoms in total. The largest absolute Gasteiger partial charge is 0.481 e. The normalized spacial score (nSPS) is 14.3. The smallest absolute Gasteiger partial charge is 0.303 e. The zero-order valence-corrected chi connectivity index (χ0v) is 13.8. The van der Waals surface area contributed by atoms with Crippen LogP contribution in [-0.2, 0) is 14.6 Å². The first-order valence-corrected chi connectivity index (χ1v) is 8.73. The summed E-state index contributed by atoms with van der Waals surface area (Å²) in [6.45, 7) is 3.79. The van der Waals surface area contributed by atoms with Crippen LogP contribution in [0.2, 0.25) is 0 Å². The molecular formula is C17H34O4. The highest BCUT2D eigenvalue weighted by atomic mass is 17.2. The maximum atomic E-state index is 10.2. The third-order valence-electron chi connectivity index (χ3n) is 3.53. The maximum absolute atomic E-state index is 10.2. The molecule has 0 atom stereocenters. The van der Waals surface area contributed by atoms with E-state index in [1.807, 2.05) is 0 Å².